The molecule has 6 heteroatoms. The van der Waals surface area contributed by atoms with Crippen molar-refractivity contribution in [1.29, 1.82) is 0 Å². The fraction of sp³-hybridized carbons (Fsp3) is 0.231. The molecule has 5 nitrogen and oxygen atoms in total. The van der Waals surface area contributed by atoms with Gasteiger partial charge in [0.05, 0.1) is 19.3 Å². The molecule has 0 aliphatic carbocycles. The predicted octanol–water partition coefficient (Wildman–Crippen LogP) is 2.05. The molecule has 2 rings (SSSR count). The largest absolute Gasteiger partial charge is 0.496 e. The normalized spacial score (nSPS) is 11.9. The van der Waals surface area contributed by atoms with Crippen LogP contribution >= 0.6 is 0 Å². The summed E-state index contributed by atoms with van der Waals surface area (Å²) in [6, 6.07) is 3.97. The van der Waals surface area contributed by atoms with E-state index in [2.05, 4.69) is 15.5 Å². The third-order valence-electron chi connectivity index (χ3n) is 2.79. The van der Waals surface area contributed by atoms with E-state index < -0.39 is 11.7 Å². The van der Waals surface area contributed by atoms with Gasteiger partial charge in [-0.2, -0.15) is 5.10 Å². The minimum atomic E-state index is -0.615. The Bertz CT molecular complexity index is 569. The molecular formula is C13H14FN3O2. The van der Waals surface area contributed by atoms with Crippen LogP contribution in [0.4, 0.5) is 4.39 Å². The van der Waals surface area contributed by atoms with Crippen molar-refractivity contribution in [2.75, 3.05) is 7.11 Å². The number of benzene rings is 1. The highest BCUT2D eigenvalue weighted by Crippen LogP contribution is 2.22. The van der Waals surface area contributed by atoms with Gasteiger partial charge in [0.2, 0.25) is 0 Å². The van der Waals surface area contributed by atoms with E-state index in [4.69, 9.17) is 4.74 Å². The molecule has 0 saturated carbocycles. The summed E-state index contributed by atoms with van der Waals surface area (Å²) in [5.74, 6) is -0.934. The molecule has 0 radical (unpaired) electrons. The highest BCUT2D eigenvalue weighted by Gasteiger charge is 2.19. The van der Waals surface area contributed by atoms with E-state index in [0.29, 0.717) is 0 Å². The molecule has 1 aromatic heterocycles. The highest BCUT2D eigenvalue weighted by molar-refractivity contribution is 5.97. The summed E-state index contributed by atoms with van der Waals surface area (Å²) < 4.78 is 18.7. The number of hydrogen-bond donors (Lipinski definition) is 2. The van der Waals surface area contributed by atoms with Gasteiger partial charge in [0, 0.05) is 11.8 Å². The predicted molar refractivity (Wildman–Crippen MR) is 67.4 cm³/mol. The average molecular weight is 263 g/mol. The summed E-state index contributed by atoms with van der Waals surface area (Å²) in [6.45, 7) is 1.79. The third-order valence-corrected chi connectivity index (χ3v) is 2.79. The molecule has 1 atom stereocenters. The number of rotatable bonds is 4. The Kier molecular flexibility index (Phi) is 3.79. The van der Waals surface area contributed by atoms with Crippen LogP contribution in [0.15, 0.2) is 30.6 Å². The summed E-state index contributed by atoms with van der Waals surface area (Å²) in [4.78, 5) is 12.1. The van der Waals surface area contributed by atoms with Crippen molar-refractivity contribution in [3.63, 3.8) is 0 Å². The zero-order chi connectivity index (χ0) is 13.8. The SMILES string of the molecule is COc1cccc(F)c1C(=O)NC(C)c1cn[nH]c1. The van der Waals surface area contributed by atoms with Crippen molar-refractivity contribution in [2.24, 2.45) is 0 Å². The molecule has 2 N–H and O–H groups in total. The van der Waals surface area contributed by atoms with Crippen molar-refractivity contribution < 1.29 is 13.9 Å². The Morgan fingerprint density at radius 1 is 1.53 bits per heavy atom. The summed E-state index contributed by atoms with van der Waals surface area (Å²) in [6.07, 6.45) is 3.27. The molecular weight excluding hydrogens is 249 g/mol. The van der Waals surface area contributed by atoms with Crippen LogP contribution in [0.5, 0.6) is 5.75 Å². The van der Waals surface area contributed by atoms with Crippen molar-refractivity contribution in [2.45, 2.75) is 13.0 Å². The Morgan fingerprint density at radius 2 is 2.32 bits per heavy atom. The van der Waals surface area contributed by atoms with Crippen LogP contribution < -0.4 is 10.1 Å². The molecule has 0 aliphatic heterocycles. The molecule has 2 aromatic rings. The molecule has 0 spiro atoms. The van der Waals surface area contributed by atoms with E-state index >= 15 is 0 Å². The summed E-state index contributed by atoms with van der Waals surface area (Å²) in [5, 5.41) is 9.15. The fourth-order valence-corrected chi connectivity index (χ4v) is 1.74. The molecule has 1 amide bonds. The molecule has 1 aromatic carbocycles. The summed E-state index contributed by atoms with van der Waals surface area (Å²) >= 11 is 0. The molecule has 0 bridgehead atoms. The van der Waals surface area contributed by atoms with Crippen LogP contribution in [0.25, 0.3) is 0 Å². The Morgan fingerprint density at radius 3 is 2.95 bits per heavy atom. The van der Waals surface area contributed by atoms with Gasteiger partial charge in [-0.25, -0.2) is 4.39 Å². The number of H-pyrrole nitrogens is 1. The first-order valence-corrected chi connectivity index (χ1v) is 5.75. The maximum atomic E-state index is 13.7. The Hall–Kier alpha value is -2.37. The van der Waals surface area contributed by atoms with Crippen LogP contribution in [0.2, 0.25) is 0 Å². The van der Waals surface area contributed by atoms with Crippen molar-refractivity contribution in [3.8, 4) is 5.75 Å². The monoisotopic (exact) mass is 263 g/mol. The van der Waals surface area contributed by atoms with Gasteiger partial charge in [-0.15, -0.1) is 0 Å². The van der Waals surface area contributed by atoms with Crippen LogP contribution in [-0.2, 0) is 0 Å². The van der Waals surface area contributed by atoms with E-state index in [9.17, 15) is 9.18 Å². The molecule has 1 heterocycles. The number of nitrogens with one attached hydrogen (secondary N) is 2. The number of carbonyl (C=O) groups excluding carboxylic acids is 1. The number of hydrogen-bond acceptors (Lipinski definition) is 3. The summed E-state index contributed by atoms with van der Waals surface area (Å²) in [7, 11) is 1.39. The van der Waals surface area contributed by atoms with E-state index in [1.54, 1.807) is 25.4 Å². The van der Waals surface area contributed by atoms with Gasteiger partial charge < -0.3 is 10.1 Å². The van der Waals surface area contributed by atoms with Gasteiger partial charge in [-0.1, -0.05) is 6.07 Å². The number of aromatic amines is 1. The fourth-order valence-electron chi connectivity index (χ4n) is 1.74. The first-order valence-electron chi connectivity index (χ1n) is 5.75. The zero-order valence-electron chi connectivity index (χ0n) is 10.6. The summed E-state index contributed by atoms with van der Waals surface area (Å²) in [5.41, 5.74) is 0.712. The average Bonchev–Trinajstić information content (AvgIpc) is 2.92. The number of halogens is 1. The number of ether oxygens (including phenoxy) is 1. The molecule has 19 heavy (non-hydrogen) atoms. The minimum absolute atomic E-state index is 0.0969. The van der Waals surface area contributed by atoms with Gasteiger partial charge in [0.1, 0.15) is 17.1 Å². The number of nitrogens with zero attached hydrogens (tertiary/aromatic N) is 1. The topological polar surface area (TPSA) is 67.0 Å². The van der Waals surface area contributed by atoms with Crippen LogP contribution in [0.1, 0.15) is 28.9 Å². The Labute approximate surface area is 109 Å². The van der Waals surface area contributed by atoms with Crippen LogP contribution in [-0.4, -0.2) is 23.2 Å². The molecule has 0 aliphatic rings. The highest BCUT2D eigenvalue weighted by atomic mass is 19.1. The van der Waals surface area contributed by atoms with Gasteiger partial charge in [0.15, 0.2) is 0 Å². The maximum absolute atomic E-state index is 13.7. The smallest absolute Gasteiger partial charge is 0.258 e. The molecule has 100 valence electrons. The zero-order valence-corrected chi connectivity index (χ0v) is 10.6. The first kappa shape index (κ1) is 13.1. The van der Waals surface area contributed by atoms with Gasteiger partial charge in [-0.3, -0.25) is 9.89 Å². The molecule has 0 saturated heterocycles. The second kappa shape index (κ2) is 5.51. The molecule has 1 unspecified atom stereocenters. The van der Waals surface area contributed by atoms with Crippen molar-refractivity contribution in [1.82, 2.24) is 15.5 Å². The first-order chi connectivity index (χ1) is 9.13. The Balaban J connectivity index is 2.21. The van der Waals surface area contributed by atoms with E-state index in [1.807, 2.05) is 0 Å². The van der Waals surface area contributed by atoms with Crippen LogP contribution in [0.3, 0.4) is 0 Å². The lowest BCUT2D eigenvalue weighted by Gasteiger charge is -2.14. The maximum Gasteiger partial charge on any atom is 0.258 e. The number of amides is 1. The second-order valence-corrected chi connectivity index (χ2v) is 4.04. The second-order valence-electron chi connectivity index (χ2n) is 4.04. The lowest BCUT2D eigenvalue weighted by Crippen LogP contribution is -2.27. The van der Waals surface area contributed by atoms with Gasteiger partial charge in [-0.05, 0) is 19.1 Å². The lowest BCUT2D eigenvalue weighted by atomic mass is 10.1. The quantitative estimate of drug-likeness (QED) is 0.887. The van der Waals surface area contributed by atoms with Gasteiger partial charge >= 0.3 is 0 Å². The van der Waals surface area contributed by atoms with Crippen molar-refractivity contribution >= 4 is 5.91 Å². The molecule has 0 fully saturated rings. The number of aromatic nitrogens is 2. The van der Waals surface area contributed by atoms with E-state index in [1.165, 1.54) is 19.2 Å². The number of carbonyl (C=O) groups is 1. The van der Waals surface area contributed by atoms with Gasteiger partial charge in [0.25, 0.3) is 5.91 Å². The standard InChI is InChI=1S/C13H14FN3O2/c1-8(9-6-15-16-7-9)17-13(18)12-10(14)4-3-5-11(12)19-2/h3-8H,1-2H3,(H,15,16)(H,17,18). The van der Waals surface area contributed by atoms with Crippen LogP contribution in [0, 0.1) is 5.82 Å². The van der Waals surface area contributed by atoms with Crippen molar-refractivity contribution in [3.05, 3.63) is 47.5 Å². The van der Waals surface area contributed by atoms with E-state index in [0.717, 1.165) is 5.56 Å². The number of methoxy groups -OCH3 is 1. The minimum Gasteiger partial charge on any atom is -0.496 e. The van der Waals surface area contributed by atoms with E-state index in [-0.39, 0.29) is 17.4 Å². The lowest BCUT2D eigenvalue weighted by molar-refractivity contribution is 0.0932. The third kappa shape index (κ3) is 2.73.